The van der Waals surface area contributed by atoms with E-state index in [0.29, 0.717) is 30.8 Å². The first-order chi connectivity index (χ1) is 12.3. The maximum Gasteiger partial charge on any atom is 0.335 e. The molecule has 2 unspecified atom stereocenters. The molecule has 1 aliphatic rings. The van der Waals surface area contributed by atoms with Gasteiger partial charge >= 0.3 is 5.97 Å². The SMILES string of the molecule is COCCNC(=O)C1CCC(C)N(C(=O)c2cc(C)cc(C(=O)O)c2)C1. The van der Waals surface area contributed by atoms with Gasteiger partial charge in [0.15, 0.2) is 0 Å². The average Bonchev–Trinajstić information content (AvgIpc) is 2.61. The van der Waals surface area contributed by atoms with Crippen LogP contribution in [0.4, 0.5) is 0 Å². The van der Waals surface area contributed by atoms with Crippen molar-refractivity contribution < 1.29 is 24.2 Å². The average molecular weight is 362 g/mol. The van der Waals surface area contributed by atoms with Gasteiger partial charge in [-0.05, 0) is 50.5 Å². The normalized spacial score (nSPS) is 19.9. The topological polar surface area (TPSA) is 95.9 Å². The summed E-state index contributed by atoms with van der Waals surface area (Å²) in [6.45, 7) is 4.92. The van der Waals surface area contributed by atoms with Crippen molar-refractivity contribution in [1.29, 1.82) is 0 Å². The highest BCUT2D eigenvalue weighted by Crippen LogP contribution is 2.24. The molecule has 1 aliphatic heterocycles. The summed E-state index contributed by atoms with van der Waals surface area (Å²) in [6, 6.07) is 4.61. The van der Waals surface area contributed by atoms with Crippen molar-refractivity contribution in [2.45, 2.75) is 32.7 Å². The van der Waals surface area contributed by atoms with E-state index in [1.165, 1.54) is 12.1 Å². The second kappa shape index (κ2) is 8.80. The minimum atomic E-state index is -1.06. The van der Waals surface area contributed by atoms with Crippen LogP contribution in [0.5, 0.6) is 0 Å². The molecule has 2 N–H and O–H groups in total. The Morgan fingerprint density at radius 2 is 1.92 bits per heavy atom. The van der Waals surface area contributed by atoms with Crippen molar-refractivity contribution in [3.8, 4) is 0 Å². The van der Waals surface area contributed by atoms with E-state index in [9.17, 15) is 19.5 Å². The van der Waals surface area contributed by atoms with Crippen LogP contribution in [-0.4, -0.2) is 60.6 Å². The standard InChI is InChI=1S/C19H26N2O5/c1-12-8-15(10-16(9-12)19(24)25)18(23)21-11-14(5-4-13(21)2)17(22)20-6-7-26-3/h8-10,13-14H,4-7,11H2,1-3H3,(H,20,22)(H,24,25). The number of rotatable bonds is 6. The van der Waals surface area contributed by atoms with Crippen LogP contribution in [0, 0.1) is 12.8 Å². The molecule has 0 radical (unpaired) electrons. The summed E-state index contributed by atoms with van der Waals surface area (Å²) in [7, 11) is 1.57. The van der Waals surface area contributed by atoms with Crippen molar-refractivity contribution >= 4 is 17.8 Å². The number of carbonyl (C=O) groups is 3. The maximum absolute atomic E-state index is 12.9. The predicted molar refractivity (Wildman–Crippen MR) is 96.2 cm³/mol. The van der Waals surface area contributed by atoms with Gasteiger partial charge in [-0.3, -0.25) is 9.59 Å². The summed E-state index contributed by atoms with van der Waals surface area (Å²) in [5.74, 6) is -1.65. The predicted octanol–water partition coefficient (Wildman–Crippen LogP) is 1.70. The number of aromatic carboxylic acids is 1. The van der Waals surface area contributed by atoms with Gasteiger partial charge in [0.1, 0.15) is 0 Å². The molecule has 7 nitrogen and oxygen atoms in total. The van der Waals surface area contributed by atoms with E-state index in [1.54, 1.807) is 25.0 Å². The van der Waals surface area contributed by atoms with Crippen LogP contribution in [0.1, 0.15) is 46.0 Å². The Labute approximate surface area is 153 Å². The number of hydrogen-bond acceptors (Lipinski definition) is 4. The Bertz CT molecular complexity index is 689. The van der Waals surface area contributed by atoms with Crippen LogP contribution in [0.25, 0.3) is 0 Å². The van der Waals surface area contributed by atoms with Crippen LogP contribution in [0.15, 0.2) is 18.2 Å². The zero-order chi connectivity index (χ0) is 19.3. The van der Waals surface area contributed by atoms with E-state index >= 15 is 0 Å². The van der Waals surface area contributed by atoms with Gasteiger partial charge in [0.25, 0.3) is 5.91 Å². The van der Waals surface area contributed by atoms with Crippen LogP contribution in [0.3, 0.4) is 0 Å². The number of ether oxygens (including phenoxy) is 1. The number of carboxylic acid groups (broad SMARTS) is 1. The molecule has 2 amide bonds. The van der Waals surface area contributed by atoms with Gasteiger partial charge in [0, 0.05) is 31.8 Å². The fourth-order valence-corrected chi connectivity index (χ4v) is 3.22. The Morgan fingerprint density at radius 3 is 2.58 bits per heavy atom. The van der Waals surface area contributed by atoms with Gasteiger partial charge in [-0.25, -0.2) is 4.79 Å². The third kappa shape index (κ3) is 4.82. The number of carbonyl (C=O) groups excluding carboxylic acids is 2. The van der Waals surface area contributed by atoms with Crippen molar-refractivity contribution in [3.63, 3.8) is 0 Å². The van der Waals surface area contributed by atoms with Gasteiger partial charge in [-0.2, -0.15) is 0 Å². The zero-order valence-electron chi connectivity index (χ0n) is 15.4. The number of hydrogen-bond donors (Lipinski definition) is 2. The first-order valence-corrected chi connectivity index (χ1v) is 8.76. The molecular weight excluding hydrogens is 336 g/mol. The lowest BCUT2D eigenvalue weighted by molar-refractivity contribution is -0.126. The molecule has 1 aromatic rings. The van der Waals surface area contributed by atoms with Crippen LogP contribution >= 0.6 is 0 Å². The zero-order valence-corrected chi connectivity index (χ0v) is 15.4. The number of piperidine rings is 1. The number of amides is 2. The number of nitrogens with zero attached hydrogens (tertiary/aromatic N) is 1. The molecule has 0 aromatic heterocycles. The summed E-state index contributed by atoms with van der Waals surface area (Å²) >= 11 is 0. The number of likely N-dealkylation sites (tertiary alicyclic amines) is 1. The molecular formula is C19H26N2O5. The lowest BCUT2D eigenvalue weighted by Gasteiger charge is -2.37. The van der Waals surface area contributed by atoms with Crippen LogP contribution in [-0.2, 0) is 9.53 Å². The lowest BCUT2D eigenvalue weighted by Crippen LogP contribution is -2.49. The molecule has 2 rings (SSSR count). The number of methoxy groups -OCH3 is 1. The molecule has 0 spiro atoms. The third-order valence-corrected chi connectivity index (χ3v) is 4.69. The number of benzene rings is 1. The van der Waals surface area contributed by atoms with Crippen LogP contribution in [0.2, 0.25) is 0 Å². The monoisotopic (exact) mass is 362 g/mol. The van der Waals surface area contributed by atoms with Gasteiger partial charge < -0.3 is 20.1 Å². The maximum atomic E-state index is 12.9. The molecule has 0 bridgehead atoms. The lowest BCUT2D eigenvalue weighted by atomic mass is 9.91. The highest BCUT2D eigenvalue weighted by atomic mass is 16.5. The second-order valence-electron chi connectivity index (χ2n) is 6.76. The number of aryl methyl sites for hydroxylation is 1. The Morgan fingerprint density at radius 1 is 1.23 bits per heavy atom. The fourth-order valence-electron chi connectivity index (χ4n) is 3.22. The minimum absolute atomic E-state index is 0.000634. The Kier molecular flexibility index (Phi) is 6.74. The fraction of sp³-hybridized carbons (Fsp3) is 0.526. The van der Waals surface area contributed by atoms with Crippen molar-refractivity contribution in [3.05, 3.63) is 34.9 Å². The molecule has 7 heteroatoms. The van der Waals surface area contributed by atoms with E-state index in [1.807, 2.05) is 6.92 Å². The summed E-state index contributed by atoms with van der Waals surface area (Å²) in [5, 5.41) is 12.0. The van der Waals surface area contributed by atoms with Crippen molar-refractivity contribution in [2.75, 3.05) is 26.8 Å². The van der Waals surface area contributed by atoms with Gasteiger partial charge in [-0.15, -0.1) is 0 Å². The molecule has 1 heterocycles. The van der Waals surface area contributed by atoms with E-state index in [2.05, 4.69) is 5.32 Å². The second-order valence-corrected chi connectivity index (χ2v) is 6.76. The Balaban J connectivity index is 2.14. The van der Waals surface area contributed by atoms with Crippen molar-refractivity contribution in [2.24, 2.45) is 5.92 Å². The quantitative estimate of drug-likeness (QED) is 0.751. The van der Waals surface area contributed by atoms with Crippen LogP contribution < -0.4 is 5.32 Å². The smallest absolute Gasteiger partial charge is 0.335 e. The molecule has 1 saturated heterocycles. The van der Waals surface area contributed by atoms with Gasteiger partial charge in [0.2, 0.25) is 5.91 Å². The molecule has 26 heavy (non-hydrogen) atoms. The highest BCUT2D eigenvalue weighted by Gasteiger charge is 2.33. The molecule has 0 saturated carbocycles. The molecule has 0 aliphatic carbocycles. The Hall–Kier alpha value is -2.41. The number of carboxylic acids is 1. The van der Waals surface area contributed by atoms with E-state index in [-0.39, 0.29) is 29.3 Å². The summed E-state index contributed by atoms with van der Waals surface area (Å²) < 4.78 is 4.93. The van der Waals surface area contributed by atoms with E-state index in [0.717, 1.165) is 12.8 Å². The van der Waals surface area contributed by atoms with E-state index < -0.39 is 5.97 Å². The molecule has 142 valence electrons. The largest absolute Gasteiger partial charge is 0.478 e. The summed E-state index contributed by atoms with van der Waals surface area (Å²) in [5.41, 5.74) is 1.15. The molecule has 1 fully saturated rings. The number of nitrogens with one attached hydrogen (secondary N) is 1. The van der Waals surface area contributed by atoms with Gasteiger partial charge in [-0.1, -0.05) is 0 Å². The first kappa shape index (κ1) is 19.9. The summed E-state index contributed by atoms with van der Waals surface area (Å²) in [4.78, 5) is 38.2. The minimum Gasteiger partial charge on any atom is -0.478 e. The highest BCUT2D eigenvalue weighted by molar-refractivity contribution is 5.98. The van der Waals surface area contributed by atoms with Gasteiger partial charge in [0.05, 0.1) is 18.1 Å². The van der Waals surface area contributed by atoms with E-state index in [4.69, 9.17) is 4.74 Å². The molecule has 2 atom stereocenters. The summed E-state index contributed by atoms with van der Waals surface area (Å²) in [6.07, 6.45) is 1.45. The third-order valence-electron chi connectivity index (χ3n) is 4.69. The van der Waals surface area contributed by atoms with Crippen molar-refractivity contribution in [1.82, 2.24) is 10.2 Å². The molecule has 1 aromatic carbocycles. The first-order valence-electron chi connectivity index (χ1n) is 8.76.